The van der Waals surface area contributed by atoms with E-state index in [4.69, 9.17) is 5.11 Å². The maximum absolute atomic E-state index is 13.5. The van der Waals surface area contributed by atoms with Crippen molar-refractivity contribution in [3.63, 3.8) is 0 Å². The Morgan fingerprint density at radius 1 is 0.574 bits per heavy atom. The number of fused-ring (bicyclic) bond motifs is 2. The summed E-state index contributed by atoms with van der Waals surface area (Å²) in [7, 11) is 0. The van der Waals surface area contributed by atoms with E-state index in [1.807, 2.05) is 54.6 Å². The number of aryl methyl sites for hydroxylation is 2. The Balaban J connectivity index is 1.17. The van der Waals surface area contributed by atoms with Crippen LogP contribution in [0.15, 0.2) is 107 Å². The molecule has 47 heavy (non-hydrogen) atoms. The molecule has 0 atom stereocenters. The van der Waals surface area contributed by atoms with Gasteiger partial charge in [-0.15, -0.1) is 0 Å². The predicted molar refractivity (Wildman–Crippen MR) is 177 cm³/mol. The zero-order chi connectivity index (χ0) is 33.4. The number of carboxylic acid groups (broad SMARTS) is 1. The highest BCUT2D eigenvalue weighted by molar-refractivity contribution is 6.28. The molecule has 7 nitrogen and oxygen atoms in total. The van der Waals surface area contributed by atoms with E-state index in [0.717, 1.165) is 27.8 Å². The van der Waals surface area contributed by atoms with Crippen LogP contribution in [-0.4, -0.2) is 39.3 Å². The second-order valence-corrected chi connectivity index (χ2v) is 12.1. The molecule has 0 radical (unpaired) electrons. The van der Waals surface area contributed by atoms with Crippen molar-refractivity contribution in [3.8, 4) is 16.9 Å². The Hall–Kier alpha value is -5.69. The number of carbonyl (C=O) groups is 5. The number of phenols is 1. The van der Waals surface area contributed by atoms with Gasteiger partial charge in [0.2, 0.25) is 0 Å². The van der Waals surface area contributed by atoms with Crippen LogP contribution in [0.1, 0.15) is 84.8 Å². The lowest BCUT2D eigenvalue weighted by molar-refractivity contribution is -0.136. The van der Waals surface area contributed by atoms with Gasteiger partial charge in [0.1, 0.15) is 5.75 Å². The van der Waals surface area contributed by atoms with Gasteiger partial charge >= 0.3 is 5.97 Å². The van der Waals surface area contributed by atoms with E-state index in [0.29, 0.717) is 52.7 Å². The van der Waals surface area contributed by atoms with Crippen LogP contribution in [0.3, 0.4) is 0 Å². The summed E-state index contributed by atoms with van der Waals surface area (Å²) in [4.78, 5) is 64.0. The molecule has 6 rings (SSSR count). The van der Waals surface area contributed by atoms with Crippen LogP contribution in [0, 0.1) is 0 Å². The number of ketones is 4. The molecule has 2 aliphatic carbocycles. The van der Waals surface area contributed by atoms with Crippen LogP contribution < -0.4 is 0 Å². The van der Waals surface area contributed by atoms with Crippen LogP contribution in [-0.2, 0) is 24.1 Å². The van der Waals surface area contributed by atoms with Crippen molar-refractivity contribution in [3.05, 3.63) is 146 Å². The first-order valence-corrected chi connectivity index (χ1v) is 15.5. The first kappa shape index (κ1) is 31.3. The van der Waals surface area contributed by atoms with Crippen LogP contribution in [0.5, 0.6) is 5.75 Å². The Morgan fingerprint density at radius 2 is 1.17 bits per heavy atom. The molecule has 7 heteroatoms. The van der Waals surface area contributed by atoms with Gasteiger partial charge in [-0.2, -0.15) is 0 Å². The number of hydrogen-bond acceptors (Lipinski definition) is 6. The van der Waals surface area contributed by atoms with Crippen molar-refractivity contribution < 1.29 is 34.2 Å². The van der Waals surface area contributed by atoms with Crippen molar-refractivity contribution >= 4 is 29.1 Å². The van der Waals surface area contributed by atoms with Crippen LogP contribution >= 0.6 is 0 Å². The average molecular weight is 625 g/mol. The lowest BCUT2D eigenvalue weighted by Gasteiger charge is -2.20. The van der Waals surface area contributed by atoms with Gasteiger partial charge in [-0.3, -0.25) is 24.0 Å². The molecule has 0 fully saturated rings. The number of benzene rings is 4. The zero-order valence-electron chi connectivity index (χ0n) is 26.1. The van der Waals surface area contributed by atoms with E-state index in [-0.39, 0.29) is 52.9 Å². The number of allylic oxidation sites excluding steroid dienone is 4. The number of Topliss-reactive ketones (excluding diaryl/α,β-unsaturated/α-hetero) is 4. The van der Waals surface area contributed by atoms with Crippen molar-refractivity contribution in [1.82, 2.24) is 0 Å². The van der Waals surface area contributed by atoms with Gasteiger partial charge in [0, 0.05) is 51.8 Å². The number of carbonyl (C=O) groups excluding carboxylic acids is 4. The van der Waals surface area contributed by atoms with E-state index >= 15 is 0 Å². The summed E-state index contributed by atoms with van der Waals surface area (Å²) >= 11 is 0. The van der Waals surface area contributed by atoms with E-state index in [2.05, 4.69) is 0 Å². The molecule has 0 saturated carbocycles. The lowest BCUT2D eigenvalue weighted by Crippen LogP contribution is -2.22. The summed E-state index contributed by atoms with van der Waals surface area (Å²) in [6.07, 6.45) is 1.75. The van der Waals surface area contributed by atoms with Crippen LogP contribution in [0.2, 0.25) is 0 Å². The van der Waals surface area contributed by atoms with Gasteiger partial charge < -0.3 is 10.2 Å². The van der Waals surface area contributed by atoms with E-state index < -0.39 is 5.97 Å². The molecule has 0 heterocycles. The van der Waals surface area contributed by atoms with Crippen LogP contribution in [0.25, 0.3) is 11.1 Å². The van der Waals surface area contributed by atoms with Gasteiger partial charge in [-0.05, 0) is 79.1 Å². The largest absolute Gasteiger partial charge is 0.507 e. The minimum Gasteiger partial charge on any atom is -0.507 e. The minimum absolute atomic E-state index is 0.0408. The second kappa shape index (κ2) is 12.6. The highest BCUT2D eigenvalue weighted by atomic mass is 16.4. The molecule has 0 amide bonds. The Kier molecular flexibility index (Phi) is 8.39. The smallest absolute Gasteiger partial charge is 0.303 e. The molecule has 0 unspecified atom stereocenters. The molecule has 0 aromatic heterocycles. The average Bonchev–Trinajstić information content (AvgIpc) is 3.07. The van der Waals surface area contributed by atoms with E-state index in [1.165, 1.54) is 6.07 Å². The van der Waals surface area contributed by atoms with Gasteiger partial charge in [0.25, 0.3) is 0 Å². The summed E-state index contributed by atoms with van der Waals surface area (Å²) in [6.45, 7) is 3.33. The maximum Gasteiger partial charge on any atom is 0.303 e. The summed E-state index contributed by atoms with van der Waals surface area (Å²) in [5.41, 5.74) is 7.01. The maximum atomic E-state index is 13.5. The first-order valence-electron chi connectivity index (χ1n) is 15.5. The fourth-order valence-electron chi connectivity index (χ4n) is 6.34. The number of hydrogen-bond donors (Lipinski definition) is 2. The topological polar surface area (TPSA) is 126 Å². The number of aromatic hydroxyl groups is 1. The summed E-state index contributed by atoms with van der Waals surface area (Å²) in [5, 5.41) is 19.2. The van der Waals surface area contributed by atoms with Crippen LogP contribution in [0.4, 0.5) is 0 Å². The van der Waals surface area contributed by atoms with E-state index in [9.17, 15) is 29.1 Å². The molecule has 4 aromatic rings. The number of aliphatic carboxylic acids is 1. The normalized spacial score (nSPS) is 14.4. The Bertz CT molecular complexity index is 2060. The monoisotopic (exact) mass is 624 g/mol. The SMILES string of the molecule is CC1=C(CCc2ccc(CCC(=O)O)cc2)C(=O)c2ccc(-c3ccc(CC4=C(C)C(=O)c5cccc(O)c5C4=O)cc3)cc2C1=O. The number of carboxylic acids is 1. The van der Waals surface area contributed by atoms with Crippen molar-refractivity contribution in [1.29, 1.82) is 0 Å². The molecular weight excluding hydrogens is 592 g/mol. The third-order valence-corrected chi connectivity index (χ3v) is 9.14. The highest BCUT2D eigenvalue weighted by Gasteiger charge is 2.32. The number of rotatable bonds is 9. The van der Waals surface area contributed by atoms with Gasteiger partial charge in [-0.25, -0.2) is 0 Å². The zero-order valence-corrected chi connectivity index (χ0v) is 26.1. The molecular formula is C40H32O7. The van der Waals surface area contributed by atoms with Crippen molar-refractivity contribution in [2.45, 2.75) is 46.0 Å². The molecule has 2 N–H and O–H groups in total. The Labute approximate surface area is 271 Å². The lowest BCUT2D eigenvalue weighted by atomic mass is 9.81. The third-order valence-electron chi connectivity index (χ3n) is 9.14. The third kappa shape index (κ3) is 6.00. The standard InChI is InChI=1S/C40H32O7/c1-22-29(17-12-24-6-8-25(9-7-24)13-19-35(42)43)39(46)30-18-16-28(21-33(30)38(22)45)27-14-10-26(11-15-27)20-32-23(2)37(44)31-4-3-5-34(41)36(31)40(32)47/h3-11,14-16,18,21,41H,12-13,17,19-20H2,1-2H3,(H,42,43). The van der Waals surface area contributed by atoms with Gasteiger partial charge in [0.15, 0.2) is 23.1 Å². The summed E-state index contributed by atoms with van der Waals surface area (Å²) in [5.74, 6) is -2.01. The quantitative estimate of drug-likeness (QED) is 0.200. The molecule has 234 valence electrons. The first-order chi connectivity index (χ1) is 22.5. The summed E-state index contributed by atoms with van der Waals surface area (Å²) < 4.78 is 0. The van der Waals surface area contributed by atoms with Gasteiger partial charge in [-0.1, -0.05) is 66.7 Å². The Morgan fingerprint density at radius 3 is 1.85 bits per heavy atom. The number of phenolic OH excluding ortho intramolecular Hbond substituents is 1. The molecule has 0 saturated heterocycles. The van der Waals surface area contributed by atoms with Gasteiger partial charge in [0.05, 0.1) is 5.56 Å². The molecule has 4 aromatic carbocycles. The van der Waals surface area contributed by atoms with Crippen molar-refractivity contribution in [2.75, 3.05) is 0 Å². The molecule has 2 aliphatic rings. The molecule has 0 spiro atoms. The molecule has 0 bridgehead atoms. The van der Waals surface area contributed by atoms with Crippen molar-refractivity contribution in [2.24, 2.45) is 0 Å². The predicted octanol–water partition coefficient (Wildman–Crippen LogP) is 7.34. The summed E-state index contributed by atoms with van der Waals surface area (Å²) in [6, 6.07) is 24.9. The second-order valence-electron chi connectivity index (χ2n) is 12.1. The minimum atomic E-state index is -0.839. The fourth-order valence-corrected chi connectivity index (χ4v) is 6.34. The fraction of sp³-hybridized carbons (Fsp3) is 0.175. The van der Waals surface area contributed by atoms with E-state index in [1.54, 1.807) is 38.1 Å². The molecule has 0 aliphatic heterocycles. The highest BCUT2D eigenvalue weighted by Crippen LogP contribution is 2.35.